The third-order valence-electron chi connectivity index (χ3n) is 8.08. The molecule has 2 aliphatic rings. The van der Waals surface area contributed by atoms with Gasteiger partial charge in [0, 0.05) is 31.0 Å². The van der Waals surface area contributed by atoms with Crippen molar-refractivity contribution in [2.24, 2.45) is 11.8 Å². The summed E-state index contributed by atoms with van der Waals surface area (Å²) in [5.41, 5.74) is 0. The summed E-state index contributed by atoms with van der Waals surface area (Å²) in [4.78, 5) is 74.3. The van der Waals surface area contributed by atoms with Crippen LogP contribution in [0.1, 0.15) is 51.9 Å². The molecule has 0 aromatic heterocycles. The molecular weight excluding hydrogens is 799 g/mol. The molecule has 1 aliphatic heterocycles. The number of nitrogens with zero attached hydrogens (tertiary/aromatic N) is 1. The van der Waals surface area contributed by atoms with Gasteiger partial charge >= 0.3 is 23.5 Å². The summed E-state index contributed by atoms with van der Waals surface area (Å²) in [7, 11) is -13.5. The van der Waals surface area contributed by atoms with Gasteiger partial charge in [-0.05, 0) is 44.4 Å². The van der Waals surface area contributed by atoms with E-state index in [0.717, 1.165) is 12.8 Å². The van der Waals surface area contributed by atoms with Crippen LogP contribution in [-0.4, -0.2) is 147 Å². The van der Waals surface area contributed by atoms with Crippen LogP contribution in [0.2, 0.25) is 0 Å². The Labute approximate surface area is 320 Å². The lowest BCUT2D eigenvalue weighted by molar-refractivity contribution is -0.138. The molecule has 2 amide bonds. The fourth-order valence-electron chi connectivity index (χ4n) is 5.23. The van der Waals surface area contributed by atoms with E-state index >= 15 is 0 Å². The zero-order valence-corrected chi connectivity index (χ0v) is 33.7. The molecule has 0 bridgehead atoms. The van der Waals surface area contributed by atoms with Crippen molar-refractivity contribution in [1.82, 2.24) is 4.90 Å². The molecule has 0 spiro atoms. The Morgan fingerprint density at radius 1 is 0.673 bits per heavy atom. The van der Waals surface area contributed by atoms with Gasteiger partial charge in [-0.2, -0.15) is 0 Å². The molecule has 0 aromatic carbocycles. The van der Waals surface area contributed by atoms with Gasteiger partial charge in [-0.25, -0.2) is 13.7 Å². The van der Waals surface area contributed by atoms with E-state index in [2.05, 4.69) is 4.52 Å². The van der Waals surface area contributed by atoms with Gasteiger partial charge < -0.3 is 43.3 Å². The first-order valence-corrected chi connectivity index (χ1v) is 22.6. The molecule has 1 saturated carbocycles. The predicted octanol–water partition coefficient (Wildman–Crippen LogP) is 2.31. The van der Waals surface area contributed by atoms with Crippen LogP contribution >= 0.6 is 23.5 Å². The lowest BCUT2D eigenvalue weighted by Crippen LogP contribution is -2.36. The number of Topliss-reactive ketones (excluding diaryl/α,β-unsaturated/α-hetero) is 1. The Morgan fingerprint density at radius 3 is 1.56 bits per heavy atom. The third kappa shape index (κ3) is 24.3. The number of hydrogen-bond donors (Lipinski definition) is 4. The molecule has 2 rings (SSSR count). The summed E-state index contributed by atoms with van der Waals surface area (Å²) in [6.07, 6.45) is 4.97. The maximum absolute atomic E-state index is 12.6. The van der Waals surface area contributed by atoms with Crippen LogP contribution in [0.15, 0.2) is 12.2 Å². The Kier molecular flexibility index (Phi) is 24.8. The molecule has 0 saturated heterocycles. The van der Waals surface area contributed by atoms with Gasteiger partial charge in [0.05, 0.1) is 98.6 Å². The Bertz CT molecular complexity index is 1290. The van der Waals surface area contributed by atoms with Gasteiger partial charge in [0.1, 0.15) is 5.78 Å². The number of ketones is 1. The highest BCUT2D eigenvalue weighted by Crippen LogP contribution is 2.46. The SMILES string of the molecule is CCC(COP(=O)(O)O)OP(=O)(O)OCCOCCOCCOCCOCCOCCOP(=O)(O)OCCCC(=O)C1CCC(CN2C(=O)C=CC2=O)CC1. The van der Waals surface area contributed by atoms with Crippen LogP contribution in [0.3, 0.4) is 0 Å². The van der Waals surface area contributed by atoms with Crippen molar-refractivity contribution in [1.29, 1.82) is 0 Å². The number of amides is 2. The summed E-state index contributed by atoms with van der Waals surface area (Å²) in [6.45, 7) is 2.95. The number of phosphoric ester groups is 3. The fourth-order valence-corrected chi connectivity index (χ4v) is 7.28. The second kappa shape index (κ2) is 27.4. The van der Waals surface area contributed by atoms with Crippen LogP contribution in [0.5, 0.6) is 0 Å². The molecule has 1 fully saturated rings. The number of carbonyl (C=O) groups excluding carboxylic acids is 3. The van der Waals surface area contributed by atoms with Crippen molar-refractivity contribution in [3.8, 4) is 0 Å². The van der Waals surface area contributed by atoms with Crippen molar-refractivity contribution >= 4 is 41.1 Å². The minimum Gasteiger partial charge on any atom is -0.377 e. The average Bonchev–Trinajstić information content (AvgIpc) is 3.44. The standard InChI is InChI=1S/C31H56NO20P3/c1-2-28(25-51-53(36,37)38)52-55(41,42)50-23-21-47-19-17-45-15-13-43-12-14-44-16-18-46-20-22-49-54(39,40)48-11-3-4-29(33)27-7-5-26(6-8-27)24-32-30(34)9-10-31(32)35/h9-10,26-28H,2-8,11-25H2,1H3,(H,39,40)(H,41,42)(H2,36,37,38). The number of ether oxygens (including phenoxy) is 5. The van der Waals surface area contributed by atoms with Gasteiger partial charge in [-0.15, -0.1) is 0 Å². The normalized spacial score (nSPS) is 20.5. The zero-order valence-electron chi connectivity index (χ0n) is 31.1. The molecule has 55 heavy (non-hydrogen) atoms. The van der Waals surface area contributed by atoms with Gasteiger partial charge in [-0.1, -0.05) is 6.92 Å². The minimum absolute atomic E-state index is 0.0285. The lowest BCUT2D eigenvalue weighted by Gasteiger charge is -2.30. The number of imide groups is 1. The highest BCUT2D eigenvalue weighted by molar-refractivity contribution is 7.47. The van der Waals surface area contributed by atoms with Crippen LogP contribution in [-0.2, 0) is 74.4 Å². The molecule has 4 N–H and O–H groups in total. The number of hydrogen-bond acceptors (Lipinski definition) is 16. The van der Waals surface area contributed by atoms with Crippen LogP contribution in [0, 0.1) is 11.8 Å². The molecule has 3 atom stereocenters. The fraction of sp³-hybridized carbons (Fsp3) is 0.839. The van der Waals surface area contributed by atoms with E-state index in [0.29, 0.717) is 45.8 Å². The summed E-state index contributed by atoms with van der Waals surface area (Å²) < 4.78 is 85.1. The minimum atomic E-state index is -4.74. The quantitative estimate of drug-likeness (QED) is 0.0410. The topological polar surface area (TPSA) is 279 Å². The van der Waals surface area contributed by atoms with Crippen molar-refractivity contribution in [2.45, 2.75) is 58.0 Å². The second-order valence-electron chi connectivity index (χ2n) is 12.3. The first-order valence-electron chi connectivity index (χ1n) is 18.0. The third-order valence-corrected chi connectivity index (χ3v) is 10.7. The molecule has 21 nitrogen and oxygen atoms in total. The van der Waals surface area contributed by atoms with Crippen molar-refractivity contribution in [2.75, 3.05) is 99.0 Å². The maximum Gasteiger partial charge on any atom is 0.472 e. The molecule has 1 heterocycles. The van der Waals surface area contributed by atoms with E-state index in [1.54, 1.807) is 6.92 Å². The Hall–Kier alpha value is -1.32. The van der Waals surface area contributed by atoms with E-state index in [1.807, 2.05) is 0 Å². The first-order chi connectivity index (χ1) is 26.1. The lowest BCUT2D eigenvalue weighted by atomic mass is 9.79. The summed E-state index contributed by atoms with van der Waals surface area (Å²) in [5.74, 6) is -0.460. The van der Waals surface area contributed by atoms with Gasteiger partial charge in [0.15, 0.2) is 0 Å². The average molecular weight is 856 g/mol. The van der Waals surface area contributed by atoms with Gasteiger partial charge in [0.2, 0.25) is 0 Å². The molecule has 1 aliphatic carbocycles. The number of phosphoric acid groups is 3. The number of carbonyl (C=O) groups is 3. The molecular formula is C31H56NO20P3. The Balaban J connectivity index is 1.32. The van der Waals surface area contributed by atoms with Gasteiger partial charge in [-0.3, -0.25) is 41.9 Å². The smallest absolute Gasteiger partial charge is 0.377 e. The van der Waals surface area contributed by atoms with E-state index in [-0.39, 0.29) is 108 Å². The Morgan fingerprint density at radius 2 is 1.11 bits per heavy atom. The van der Waals surface area contributed by atoms with E-state index in [1.165, 1.54) is 17.1 Å². The summed E-state index contributed by atoms with van der Waals surface area (Å²) in [5, 5.41) is 0. The zero-order chi connectivity index (χ0) is 40.6. The van der Waals surface area contributed by atoms with Crippen LogP contribution in [0.25, 0.3) is 0 Å². The predicted molar refractivity (Wildman–Crippen MR) is 190 cm³/mol. The van der Waals surface area contributed by atoms with Crippen LogP contribution in [0.4, 0.5) is 0 Å². The molecule has 24 heteroatoms. The van der Waals surface area contributed by atoms with Gasteiger partial charge in [0.25, 0.3) is 11.8 Å². The second-order valence-corrected chi connectivity index (χ2v) is 16.4. The number of rotatable bonds is 34. The highest BCUT2D eigenvalue weighted by Gasteiger charge is 2.31. The molecule has 0 radical (unpaired) electrons. The molecule has 0 aromatic rings. The van der Waals surface area contributed by atoms with Crippen molar-refractivity contribution in [3.05, 3.63) is 12.2 Å². The maximum atomic E-state index is 12.6. The van der Waals surface area contributed by atoms with Crippen LogP contribution < -0.4 is 0 Å². The first kappa shape index (κ1) is 49.8. The molecule has 3 unspecified atom stereocenters. The largest absolute Gasteiger partial charge is 0.472 e. The van der Waals surface area contributed by atoms with E-state index in [9.17, 15) is 37.9 Å². The monoisotopic (exact) mass is 855 g/mol. The summed E-state index contributed by atoms with van der Waals surface area (Å²) >= 11 is 0. The van der Waals surface area contributed by atoms with Crippen molar-refractivity contribution < 1.29 is 94.0 Å². The van der Waals surface area contributed by atoms with E-state index < -0.39 is 36.2 Å². The molecule has 320 valence electrons. The highest BCUT2D eigenvalue weighted by atomic mass is 31.2. The van der Waals surface area contributed by atoms with Crippen molar-refractivity contribution in [3.63, 3.8) is 0 Å². The van der Waals surface area contributed by atoms with E-state index in [4.69, 9.17) is 51.6 Å². The summed E-state index contributed by atoms with van der Waals surface area (Å²) in [6, 6.07) is 0.